The number of hydrogen-bond donors (Lipinski definition) is 0. The van der Waals surface area contributed by atoms with Crippen molar-refractivity contribution in [3.05, 3.63) is 59.1 Å². The summed E-state index contributed by atoms with van der Waals surface area (Å²) in [5.74, 6) is 0.495. The predicted octanol–water partition coefficient (Wildman–Crippen LogP) is 2.75. The van der Waals surface area contributed by atoms with Crippen LogP contribution in [0.1, 0.15) is 6.92 Å². The molecule has 1 aliphatic heterocycles. The van der Waals surface area contributed by atoms with Crippen molar-refractivity contribution in [3.8, 4) is 5.75 Å². The monoisotopic (exact) mass is 452 g/mol. The number of carbonyl (C=O) groups excluding carboxylic acids is 1. The average Bonchev–Trinajstić information content (AvgIpc) is 2.68. The number of amides is 1. The fraction of sp³-hybridized carbons (Fsp3) is 0.316. The molecule has 8 heteroatoms. The van der Waals surface area contributed by atoms with Gasteiger partial charge in [0.25, 0.3) is 5.91 Å². The molecule has 3 rings (SSSR count). The molecular weight excluding hydrogens is 432 g/mol. The van der Waals surface area contributed by atoms with E-state index in [0.717, 1.165) is 4.47 Å². The van der Waals surface area contributed by atoms with Crippen LogP contribution in [0.25, 0.3) is 0 Å². The largest absolute Gasteiger partial charge is 0.481 e. The maximum Gasteiger partial charge on any atom is 0.263 e. The van der Waals surface area contributed by atoms with E-state index in [-0.39, 0.29) is 23.9 Å². The number of nitrogens with zero attached hydrogens (tertiary/aromatic N) is 2. The molecule has 1 unspecified atom stereocenters. The quantitative estimate of drug-likeness (QED) is 0.699. The summed E-state index contributed by atoms with van der Waals surface area (Å²) in [6.45, 7) is 2.93. The Bertz CT molecular complexity index is 880. The molecule has 1 heterocycles. The van der Waals surface area contributed by atoms with Gasteiger partial charge in [0, 0.05) is 30.7 Å². The van der Waals surface area contributed by atoms with E-state index in [1.165, 1.54) is 4.31 Å². The number of rotatable bonds is 5. The van der Waals surface area contributed by atoms with Crippen LogP contribution < -0.4 is 4.74 Å². The summed E-state index contributed by atoms with van der Waals surface area (Å²) >= 11 is 3.30. The molecule has 1 saturated heterocycles. The number of sulfonamides is 1. The third-order valence-corrected chi connectivity index (χ3v) is 6.85. The minimum atomic E-state index is -3.55. The van der Waals surface area contributed by atoms with Gasteiger partial charge in [-0.05, 0) is 43.3 Å². The van der Waals surface area contributed by atoms with Crippen molar-refractivity contribution >= 4 is 31.9 Å². The van der Waals surface area contributed by atoms with Crippen molar-refractivity contribution in [2.45, 2.75) is 17.9 Å². The van der Waals surface area contributed by atoms with Gasteiger partial charge in [0.05, 0.1) is 4.90 Å². The maximum absolute atomic E-state index is 12.7. The molecule has 0 bridgehead atoms. The van der Waals surface area contributed by atoms with Crippen molar-refractivity contribution < 1.29 is 17.9 Å². The summed E-state index contributed by atoms with van der Waals surface area (Å²) < 4.78 is 33.4. The summed E-state index contributed by atoms with van der Waals surface area (Å²) in [4.78, 5) is 14.5. The van der Waals surface area contributed by atoms with Crippen molar-refractivity contribution in [1.82, 2.24) is 9.21 Å². The van der Waals surface area contributed by atoms with E-state index >= 15 is 0 Å². The summed E-state index contributed by atoms with van der Waals surface area (Å²) in [5, 5.41) is 0. The fourth-order valence-electron chi connectivity index (χ4n) is 2.92. The molecule has 1 amide bonds. The topological polar surface area (TPSA) is 66.9 Å². The van der Waals surface area contributed by atoms with Gasteiger partial charge in [-0.3, -0.25) is 4.79 Å². The zero-order valence-electron chi connectivity index (χ0n) is 14.9. The van der Waals surface area contributed by atoms with Crippen LogP contribution in [0.5, 0.6) is 5.75 Å². The number of ether oxygens (including phenoxy) is 1. The second kappa shape index (κ2) is 8.41. The molecule has 27 heavy (non-hydrogen) atoms. The highest BCUT2D eigenvalue weighted by molar-refractivity contribution is 9.10. The van der Waals surface area contributed by atoms with Crippen molar-refractivity contribution in [1.29, 1.82) is 0 Å². The lowest BCUT2D eigenvalue weighted by Crippen LogP contribution is -2.53. The number of carbonyl (C=O) groups is 1. The minimum absolute atomic E-state index is 0.139. The lowest BCUT2D eigenvalue weighted by Gasteiger charge is -2.35. The summed E-state index contributed by atoms with van der Waals surface area (Å²) in [6, 6.07) is 15.7. The number of para-hydroxylation sites is 1. The van der Waals surface area contributed by atoms with Gasteiger partial charge in [-0.15, -0.1) is 0 Å². The number of hydrogen-bond acceptors (Lipinski definition) is 4. The van der Waals surface area contributed by atoms with Crippen LogP contribution in [0.3, 0.4) is 0 Å². The number of halogens is 1. The molecule has 0 N–H and O–H groups in total. The molecule has 6 nitrogen and oxygen atoms in total. The van der Waals surface area contributed by atoms with Gasteiger partial charge in [0.1, 0.15) is 5.75 Å². The zero-order chi connectivity index (χ0) is 19.4. The molecule has 0 aliphatic carbocycles. The van der Waals surface area contributed by atoms with Gasteiger partial charge < -0.3 is 9.64 Å². The van der Waals surface area contributed by atoms with Crippen LogP contribution in [-0.4, -0.2) is 55.8 Å². The van der Waals surface area contributed by atoms with Gasteiger partial charge in [0.15, 0.2) is 6.10 Å². The molecule has 1 aliphatic rings. The molecule has 0 spiro atoms. The SMILES string of the molecule is CC(Oc1ccccc1)C(=O)N1CCN(S(=O)(=O)c2ccc(Br)cc2)CC1. The van der Waals surface area contributed by atoms with Crippen molar-refractivity contribution in [3.63, 3.8) is 0 Å². The molecular formula is C19H21BrN2O4S. The van der Waals surface area contributed by atoms with E-state index < -0.39 is 16.1 Å². The minimum Gasteiger partial charge on any atom is -0.481 e. The van der Waals surface area contributed by atoms with Crippen LogP contribution in [-0.2, 0) is 14.8 Å². The molecule has 0 radical (unpaired) electrons. The first-order valence-electron chi connectivity index (χ1n) is 8.64. The molecule has 1 atom stereocenters. The molecule has 144 valence electrons. The van der Waals surface area contributed by atoms with Gasteiger partial charge in [0.2, 0.25) is 10.0 Å². The highest BCUT2D eigenvalue weighted by Gasteiger charge is 2.31. The summed E-state index contributed by atoms with van der Waals surface area (Å²) in [7, 11) is -3.55. The molecule has 2 aromatic carbocycles. The first kappa shape index (κ1) is 19.9. The Balaban J connectivity index is 1.59. The zero-order valence-corrected chi connectivity index (χ0v) is 17.3. The molecule has 0 saturated carbocycles. The van der Waals surface area contributed by atoms with Crippen LogP contribution in [0.2, 0.25) is 0 Å². The maximum atomic E-state index is 12.7. The van der Waals surface area contributed by atoms with E-state index in [1.54, 1.807) is 48.2 Å². The van der Waals surface area contributed by atoms with Crippen molar-refractivity contribution in [2.75, 3.05) is 26.2 Å². The van der Waals surface area contributed by atoms with Crippen LogP contribution in [0.15, 0.2) is 64.0 Å². The third kappa shape index (κ3) is 4.69. The fourth-order valence-corrected chi connectivity index (χ4v) is 4.60. The summed E-state index contributed by atoms with van der Waals surface area (Å²) in [6.07, 6.45) is -0.623. The van der Waals surface area contributed by atoms with E-state index in [1.807, 2.05) is 18.2 Å². The highest BCUT2D eigenvalue weighted by Crippen LogP contribution is 2.20. The Morgan fingerprint density at radius 2 is 1.59 bits per heavy atom. The predicted molar refractivity (Wildman–Crippen MR) is 106 cm³/mol. The van der Waals surface area contributed by atoms with E-state index in [4.69, 9.17) is 4.74 Å². The normalized spacial score (nSPS) is 16.7. The lowest BCUT2D eigenvalue weighted by molar-refractivity contribution is -0.139. The first-order valence-corrected chi connectivity index (χ1v) is 10.9. The second-order valence-corrected chi connectivity index (χ2v) is 9.11. The van der Waals surface area contributed by atoms with Gasteiger partial charge in [-0.25, -0.2) is 8.42 Å². The first-order chi connectivity index (χ1) is 12.9. The molecule has 1 fully saturated rings. The van der Waals surface area contributed by atoms with Crippen LogP contribution in [0.4, 0.5) is 0 Å². The Kier molecular flexibility index (Phi) is 6.18. The lowest BCUT2D eigenvalue weighted by atomic mass is 10.3. The average molecular weight is 453 g/mol. The molecule has 2 aromatic rings. The van der Waals surface area contributed by atoms with E-state index in [0.29, 0.717) is 18.8 Å². The Morgan fingerprint density at radius 3 is 2.19 bits per heavy atom. The van der Waals surface area contributed by atoms with Gasteiger partial charge >= 0.3 is 0 Å². The smallest absolute Gasteiger partial charge is 0.263 e. The van der Waals surface area contributed by atoms with E-state index in [2.05, 4.69) is 15.9 Å². The third-order valence-electron chi connectivity index (χ3n) is 4.41. The van der Waals surface area contributed by atoms with Crippen molar-refractivity contribution in [2.24, 2.45) is 0 Å². The Hall–Kier alpha value is -1.90. The van der Waals surface area contributed by atoms with E-state index in [9.17, 15) is 13.2 Å². The summed E-state index contributed by atoms with van der Waals surface area (Å²) in [5.41, 5.74) is 0. The Morgan fingerprint density at radius 1 is 1.00 bits per heavy atom. The van der Waals surface area contributed by atoms with Gasteiger partial charge in [-0.2, -0.15) is 4.31 Å². The molecule has 0 aromatic heterocycles. The van der Waals surface area contributed by atoms with Crippen LogP contribution in [0, 0.1) is 0 Å². The second-order valence-electron chi connectivity index (χ2n) is 6.26. The number of benzene rings is 2. The standard InChI is InChI=1S/C19H21BrN2O4S/c1-15(26-17-5-3-2-4-6-17)19(23)21-11-13-22(14-12-21)27(24,25)18-9-7-16(20)8-10-18/h2-10,15H,11-14H2,1H3. The highest BCUT2D eigenvalue weighted by atomic mass is 79.9. The van der Waals surface area contributed by atoms with Gasteiger partial charge in [-0.1, -0.05) is 34.1 Å². The Labute approximate surface area is 167 Å². The van der Waals surface area contributed by atoms with Crippen LogP contribution >= 0.6 is 15.9 Å². The number of piperazine rings is 1.